The van der Waals surface area contributed by atoms with Crippen molar-refractivity contribution in [2.75, 3.05) is 11.9 Å². The minimum Gasteiger partial charge on any atom is -0.479 e. The molecule has 0 fully saturated rings. The van der Waals surface area contributed by atoms with Crippen LogP contribution in [0.2, 0.25) is 0 Å². The molecule has 0 unspecified atom stereocenters. The number of hydrogen-bond acceptors (Lipinski definition) is 5. The lowest BCUT2D eigenvalue weighted by Gasteiger charge is -2.08. The van der Waals surface area contributed by atoms with Crippen molar-refractivity contribution in [2.45, 2.75) is 6.10 Å². The fourth-order valence-electron chi connectivity index (χ4n) is 0.832. The van der Waals surface area contributed by atoms with E-state index in [0.29, 0.717) is 0 Å². The van der Waals surface area contributed by atoms with Gasteiger partial charge in [0.15, 0.2) is 6.10 Å². The molecule has 1 aromatic heterocycles. The summed E-state index contributed by atoms with van der Waals surface area (Å²) in [5.41, 5.74) is 0. The van der Waals surface area contributed by atoms with Crippen LogP contribution >= 0.6 is 0 Å². The van der Waals surface area contributed by atoms with Crippen molar-refractivity contribution in [3.05, 3.63) is 6.33 Å². The first kappa shape index (κ1) is 11.9. The van der Waals surface area contributed by atoms with Crippen molar-refractivity contribution in [3.63, 3.8) is 0 Å². The van der Waals surface area contributed by atoms with Crippen LogP contribution in [0.5, 0.6) is 0 Å². The van der Waals surface area contributed by atoms with E-state index in [1.165, 1.54) is 11.0 Å². The second-order valence-corrected chi connectivity index (χ2v) is 2.90. The molecule has 0 saturated carbocycles. The molecule has 4 N–H and O–H groups in total. The van der Waals surface area contributed by atoms with Gasteiger partial charge in [0, 0.05) is 7.05 Å². The number of nitrogens with zero attached hydrogens (tertiary/aromatic N) is 3. The second-order valence-electron chi connectivity index (χ2n) is 2.90. The van der Waals surface area contributed by atoms with Crippen molar-refractivity contribution < 1.29 is 19.8 Å². The number of carbonyl (C=O) groups is 2. The van der Waals surface area contributed by atoms with Crippen LogP contribution in [-0.4, -0.2) is 49.6 Å². The summed E-state index contributed by atoms with van der Waals surface area (Å²) < 4.78 is 1.33. The second kappa shape index (κ2) is 5.07. The molecule has 0 radical (unpaired) electrons. The quantitative estimate of drug-likeness (QED) is 0.491. The van der Waals surface area contributed by atoms with E-state index < -0.39 is 18.1 Å². The largest absolute Gasteiger partial charge is 0.479 e. The van der Waals surface area contributed by atoms with Gasteiger partial charge in [-0.05, 0) is 0 Å². The molecule has 16 heavy (non-hydrogen) atoms. The summed E-state index contributed by atoms with van der Waals surface area (Å²) in [5.74, 6) is -1.19. The number of aromatic nitrogens is 3. The number of aliphatic hydroxyl groups excluding tert-OH is 1. The maximum Gasteiger partial charge on any atom is 0.334 e. The Morgan fingerprint density at radius 3 is 2.81 bits per heavy atom. The molecule has 1 atom stereocenters. The van der Waals surface area contributed by atoms with Crippen molar-refractivity contribution >= 4 is 17.9 Å². The van der Waals surface area contributed by atoms with E-state index in [1.807, 2.05) is 0 Å². The summed E-state index contributed by atoms with van der Waals surface area (Å²) in [6.07, 6.45) is -0.382. The number of anilines is 1. The molecule has 2 amide bonds. The molecule has 0 aliphatic rings. The van der Waals surface area contributed by atoms with Gasteiger partial charge in [-0.1, -0.05) is 0 Å². The van der Waals surface area contributed by atoms with Crippen LogP contribution in [0.1, 0.15) is 0 Å². The molecule has 1 rings (SSSR count). The van der Waals surface area contributed by atoms with Crippen LogP contribution in [0, 0.1) is 0 Å². The summed E-state index contributed by atoms with van der Waals surface area (Å²) in [4.78, 5) is 25.1. The van der Waals surface area contributed by atoms with E-state index in [0.717, 1.165) is 0 Å². The lowest BCUT2D eigenvalue weighted by Crippen LogP contribution is -2.39. The topological polar surface area (TPSA) is 129 Å². The highest BCUT2D eigenvalue weighted by Crippen LogP contribution is 1.96. The average Bonchev–Trinajstić information content (AvgIpc) is 2.60. The van der Waals surface area contributed by atoms with E-state index in [-0.39, 0.29) is 12.5 Å². The maximum absolute atomic E-state index is 11.2. The predicted octanol–water partition coefficient (Wildman–Crippen LogP) is -1.62. The first-order valence-corrected chi connectivity index (χ1v) is 4.30. The smallest absolute Gasteiger partial charge is 0.334 e. The van der Waals surface area contributed by atoms with Crippen LogP contribution < -0.4 is 10.6 Å². The molecule has 1 aromatic rings. The fraction of sp³-hybridized carbons (Fsp3) is 0.429. The Labute approximate surface area is 90.1 Å². The van der Waals surface area contributed by atoms with Gasteiger partial charge in [0.1, 0.15) is 6.33 Å². The third-order valence-electron chi connectivity index (χ3n) is 1.68. The van der Waals surface area contributed by atoms with Crippen LogP contribution in [0.4, 0.5) is 10.7 Å². The molecule has 9 nitrogen and oxygen atoms in total. The number of aliphatic carboxylic acids is 1. The minimum atomic E-state index is -1.63. The van der Waals surface area contributed by atoms with Crippen molar-refractivity contribution in [1.82, 2.24) is 20.1 Å². The molecule has 0 spiro atoms. The van der Waals surface area contributed by atoms with Gasteiger partial charge in [-0.15, -0.1) is 0 Å². The summed E-state index contributed by atoms with van der Waals surface area (Å²) in [6, 6.07) is -0.670. The van der Waals surface area contributed by atoms with Gasteiger partial charge < -0.3 is 15.5 Å². The Kier molecular flexibility index (Phi) is 3.78. The standard InChI is InChI=1S/C7H11N5O4/c1-12-6(9-3-10-12)11-7(16)8-2-4(13)5(14)15/h3-4,13H,2H2,1H3,(H,14,15)(H2,8,9,10,11,16)/t4-/m0/s1. The third kappa shape index (κ3) is 3.20. The Morgan fingerprint density at radius 1 is 1.62 bits per heavy atom. The molecule has 0 aliphatic carbocycles. The molecule has 0 bridgehead atoms. The number of rotatable bonds is 4. The number of nitrogens with one attached hydrogen (secondary N) is 2. The number of amides is 2. The van der Waals surface area contributed by atoms with Crippen LogP contribution in [0.3, 0.4) is 0 Å². The van der Waals surface area contributed by atoms with Gasteiger partial charge in [0.05, 0.1) is 6.54 Å². The first-order chi connectivity index (χ1) is 7.50. The van der Waals surface area contributed by atoms with E-state index in [1.54, 1.807) is 7.05 Å². The Hall–Kier alpha value is -2.16. The lowest BCUT2D eigenvalue weighted by atomic mass is 10.4. The average molecular weight is 229 g/mol. The Morgan fingerprint density at radius 2 is 2.31 bits per heavy atom. The Bertz CT molecular complexity index is 390. The van der Waals surface area contributed by atoms with E-state index >= 15 is 0 Å². The highest BCUT2D eigenvalue weighted by molar-refractivity contribution is 5.87. The predicted molar refractivity (Wildman–Crippen MR) is 51.7 cm³/mol. The zero-order valence-corrected chi connectivity index (χ0v) is 8.41. The first-order valence-electron chi connectivity index (χ1n) is 4.30. The maximum atomic E-state index is 11.2. The van der Waals surface area contributed by atoms with Gasteiger partial charge >= 0.3 is 12.0 Å². The van der Waals surface area contributed by atoms with Crippen LogP contribution in [0.15, 0.2) is 6.33 Å². The van der Waals surface area contributed by atoms with Crippen LogP contribution in [-0.2, 0) is 11.8 Å². The fourth-order valence-corrected chi connectivity index (χ4v) is 0.832. The molecule has 0 aliphatic heterocycles. The van der Waals surface area contributed by atoms with Gasteiger partial charge in [-0.25, -0.2) is 14.3 Å². The monoisotopic (exact) mass is 229 g/mol. The van der Waals surface area contributed by atoms with Crippen LogP contribution in [0.25, 0.3) is 0 Å². The lowest BCUT2D eigenvalue weighted by molar-refractivity contribution is -0.146. The van der Waals surface area contributed by atoms with E-state index in [2.05, 4.69) is 20.7 Å². The number of aryl methyl sites for hydroxylation is 1. The zero-order valence-electron chi connectivity index (χ0n) is 8.41. The molecule has 9 heteroatoms. The number of aliphatic hydroxyl groups is 1. The van der Waals surface area contributed by atoms with Crippen molar-refractivity contribution in [3.8, 4) is 0 Å². The summed E-state index contributed by atoms with van der Waals surface area (Å²) in [6.45, 7) is -0.390. The highest BCUT2D eigenvalue weighted by Gasteiger charge is 2.14. The number of carboxylic acids is 1. The van der Waals surface area contributed by atoms with Gasteiger partial charge in [-0.3, -0.25) is 5.32 Å². The third-order valence-corrected chi connectivity index (χ3v) is 1.68. The molecular formula is C7H11N5O4. The molecular weight excluding hydrogens is 218 g/mol. The van der Waals surface area contributed by atoms with Gasteiger partial charge in [-0.2, -0.15) is 10.1 Å². The highest BCUT2D eigenvalue weighted by atomic mass is 16.4. The van der Waals surface area contributed by atoms with E-state index in [9.17, 15) is 9.59 Å². The number of hydrogen-bond donors (Lipinski definition) is 4. The summed E-state index contributed by atoms with van der Waals surface area (Å²) >= 11 is 0. The molecule has 1 heterocycles. The van der Waals surface area contributed by atoms with Gasteiger partial charge in [0.2, 0.25) is 5.95 Å². The number of carboxylic acid groups (broad SMARTS) is 1. The molecule has 0 aromatic carbocycles. The normalized spacial score (nSPS) is 11.9. The zero-order chi connectivity index (χ0) is 12.1. The van der Waals surface area contributed by atoms with Crippen molar-refractivity contribution in [2.24, 2.45) is 7.05 Å². The van der Waals surface area contributed by atoms with Crippen molar-refractivity contribution in [1.29, 1.82) is 0 Å². The van der Waals surface area contributed by atoms with Gasteiger partial charge in [0.25, 0.3) is 0 Å². The van der Waals surface area contributed by atoms with E-state index in [4.69, 9.17) is 10.2 Å². The Balaban J connectivity index is 2.37. The number of urea groups is 1. The minimum absolute atomic E-state index is 0.210. The summed E-state index contributed by atoms with van der Waals surface area (Å²) in [7, 11) is 1.58. The molecule has 0 saturated heterocycles. The SMILES string of the molecule is Cn1ncnc1NC(=O)NC[C@H](O)C(=O)O. The number of carbonyl (C=O) groups excluding carboxylic acids is 1. The summed E-state index contributed by atoms with van der Waals surface area (Å²) in [5, 5.41) is 25.4. The molecule has 88 valence electrons.